The number of carbonyl (C=O) groups is 1. The Kier molecular flexibility index (Phi) is 5.28. The zero-order chi connectivity index (χ0) is 16.1. The topological polar surface area (TPSA) is 50.4 Å². The number of aryl methyl sites for hydroxylation is 2. The summed E-state index contributed by atoms with van der Waals surface area (Å²) in [5, 5.41) is 6.19. The van der Waals surface area contributed by atoms with E-state index in [-0.39, 0.29) is 6.03 Å². The highest BCUT2D eigenvalue weighted by atomic mass is 35.5. The van der Waals surface area contributed by atoms with Crippen molar-refractivity contribution in [3.05, 3.63) is 58.1 Å². The molecule has 0 spiro atoms. The van der Waals surface area contributed by atoms with Crippen LogP contribution >= 0.6 is 11.6 Å². The molecule has 0 atom stereocenters. The van der Waals surface area contributed by atoms with E-state index in [1.165, 1.54) is 12.7 Å². The van der Waals surface area contributed by atoms with Crippen molar-refractivity contribution in [2.75, 3.05) is 12.4 Å². The largest absolute Gasteiger partial charge is 0.495 e. The number of nitrogens with one attached hydrogen (secondary N) is 2. The van der Waals surface area contributed by atoms with E-state index in [1.807, 2.05) is 38.1 Å². The summed E-state index contributed by atoms with van der Waals surface area (Å²) in [7, 11) is 1.54. The van der Waals surface area contributed by atoms with Gasteiger partial charge < -0.3 is 15.4 Å². The molecule has 2 amide bonds. The molecule has 0 saturated heterocycles. The maximum absolute atomic E-state index is 12.0. The Morgan fingerprint density at radius 1 is 1.18 bits per heavy atom. The van der Waals surface area contributed by atoms with Crippen LogP contribution in [0.15, 0.2) is 36.4 Å². The molecule has 0 bridgehead atoms. The Labute approximate surface area is 135 Å². The van der Waals surface area contributed by atoms with Crippen molar-refractivity contribution in [2.45, 2.75) is 20.4 Å². The molecular weight excluding hydrogens is 300 g/mol. The molecule has 2 aromatic rings. The van der Waals surface area contributed by atoms with Crippen LogP contribution in [0, 0.1) is 13.8 Å². The maximum Gasteiger partial charge on any atom is 0.319 e. The van der Waals surface area contributed by atoms with Gasteiger partial charge >= 0.3 is 6.03 Å². The van der Waals surface area contributed by atoms with Crippen molar-refractivity contribution in [2.24, 2.45) is 0 Å². The van der Waals surface area contributed by atoms with E-state index in [0.717, 1.165) is 11.1 Å². The lowest BCUT2D eigenvalue weighted by Crippen LogP contribution is -2.28. The Morgan fingerprint density at radius 3 is 2.50 bits per heavy atom. The number of anilines is 1. The molecule has 0 radical (unpaired) electrons. The number of ether oxygens (including phenoxy) is 1. The van der Waals surface area contributed by atoms with Crippen LogP contribution in [0.4, 0.5) is 10.5 Å². The number of urea groups is 1. The van der Waals surface area contributed by atoms with Gasteiger partial charge in [0.05, 0.1) is 12.8 Å². The summed E-state index contributed by atoms with van der Waals surface area (Å²) in [4.78, 5) is 12.0. The lowest BCUT2D eigenvalue weighted by Gasteiger charge is -2.13. The summed E-state index contributed by atoms with van der Waals surface area (Å²) < 4.78 is 5.23. The first-order chi connectivity index (χ1) is 10.5. The number of carbonyl (C=O) groups excluding carboxylic acids is 1. The number of halogens is 1. The first-order valence-electron chi connectivity index (χ1n) is 6.94. The number of rotatable bonds is 4. The van der Waals surface area contributed by atoms with Gasteiger partial charge in [-0.3, -0.25) is 0 Å². The SMILES string of the molecule is COc1cc(Cl)c(C)cc1NC(=O)NCc1ccc(C)cc1. The molecule has 0 aliphatic carbocycles. The van der Waals surface area contributed by atoms with E-state index in [0.29, 0.717) is 23.0 Å². The van der Waals surface area contributed by atoms with Gasteiger partial charge in [0.1, 0.15) is 5.75 Å². The fourth-order valence-corrected chi connectivity index (χ4v) is 2.14. The Bertz CT molecular complexity index is 669. The molecule has 5 heteroatoms. The zero-order valence-corrected chi connectivity index (χ0v) is 13.6. The molecule has 2 N–H and O–H groups in total. The number of hydrogen-bond acceptors (Lipinski definition) is 2. The molecule has 0 aromatic heterocycles. The van der Waals surface area contributed by atoms with Gasteiger partial charge in [-0.25, -0.2) is 4.79 Å². The van der Waals surface area contributed by atoms with Crippen LogP contribution in [-0.4, -0.2) is 13.1 Å². The molecule has 0 fully saturated rings. The Balaban J connectivity index is 2.00. The first-order valence-corrected chi connectivity index (χ1v) is 7.32. The lowest BCUT2D eigenvalue weighted by molar-refractivity contribution is 0.251. The van der Waals surface area contributed by atoms with Gasteiger partial charge in [0.2, 0.25) is 0 Å². The number of benzene rings is 2. The molecule has 4 nitrogen and oxygen atoms in total. The molecule has 2 aromatic carbocycles. The van der Waals surface area contributed by atoms with E-state index in [9.17, 15) is 4.79 Å². The van der Waals surface area contributed by atoms with Crippen molar-refractivity contribution in [1.29, 1.82) is 0 Å². The highest BCUT2D eigenvalue weighted by Crippen LogP contribution is 2.30. The van der Waals surface area contributed by atoms with Crippen LogP contribution < -0.4 is 15.4 Å². The molecule has 2 rings (SSSR count). The van der Waals surface area contributed by atoms with Crippen LogP contribution in [0.25, 0.3) is 0 Å². The van der Waals surface area contributed by atoms with Crippen molar-refractivity contribution < 1.29 is 9.53 Å². The fourth-order valence-electron chi connectivity index (χ4n) is 1.98. The summed E-state index contributed by atoms with van der Waals surface area (Å²) in [6.45, 7) is 4.36. The van der Waals surface area contributed by atoms with Crippen molar-refractivity contribution >= 4 is 23.3 Å². The molecule has 0 saturated carbocycles. The normalized spacial score (nSPS) is 10.2. The van der Waals surface area contributed by atoms with Gasteiger partial charge in [0.15, 0.2) is 0 Å². The van der Waals surface area contributed by atoms with Gasteiger partial charge in [-0.2, -0.15) is 0 Å². The fraction of sp³-hybridized carbons (Fsp3) is 0.235. The maximum atomic E-state index is 12.0. The van der Waals surface area contributed by atoms with E-state index in [4.69, 9.17) is 16.3 Å². The van der Waals surface area contributed by atoms with Gasteiger partial charge in [-0.05, 0) is 31.0 Å². The number of methoxy groups -OCH3 is 1. The van der Waals surface area contributed by atoms with Gasteiger partial charge in [-0.1, -0.05) is 41.4 Å². The summed E-state index contributed by atoms with van der Waals surface area (Å²) >= 11 is 6.05. The molecular formula is C17H19ClN2O2. The van der Waals surface area contributed by atoms with Crippen molar-refractivity contribution in [3.63, 3.8) is 0 Å². The molecule has 0 heterocycles. The van der Waals surface area contributed by atoms with E-state index in [2.05, 4.69) is 10.6 Å². The van der Waals surface area contributed by atoms with E-state index < -0.39 is 0 Å². The molecule has 22 heavy (non-hydrogen) atoms. The van der Waals surface area contributed by atoms with Crippen molar-refractivity contribution in [1.82, 2.24) is 5.32 Å². The predicted molar refractivity (Wildman–Crippen MR) is 89.8 cm³/mol. The van der Waals surface area contributed by atoms with Crippen LogP contribution in [0.3, 0.4) is 0 Å². The molecule has 0 unspecified atom stereocenters. The van der Waals surface area contributed by atoms with E-state index in [1.54, 1.807) is 12.1 Å². The smallest absolute Gasteiger partial charge is 0.319 e. The Hall–Kier alpha value is -2.20. The average molecular weight is 319 g/mol. The minimum Gasteiger partial charge on any atom is -0.495 e. The minimum absolute atomic E-state index is 0.291. The van der Waals surface area contributed by atoms with Gasteiger partial charge in [-0.15, -0.1) is 0 Å². The van der Waals surface area contributed by atoms with E-state index >= 15 is 0 Å². The third-order valence-corrected chi connectivity index (χ3v) is 3.71. The Morgan fingerprint density at radius 2 is 1.86 bits per heavy atom. The standard InChI is InChI=1S/C17H19ClN2O2/c1-11-4-6-13(7-5-11)10-19-17(21)20-15-8-12(2)14(18)9-16(15)22-3/h4-9H,10H2,1-3H3,(H2,19,20,21). The summed E-state index contributed by atoms with van der Waals surface area (Å²) in [6, 6.07) is 11.2. The molecule has 0 aliphatic rings. The average Bonchev–Trinajstić information content (AvgIpc) is 2.50. The highest BCUT2D eigenvalue weighted by molar-refractivity contribution is 6.31. The summed E-state index contributed by atoms with van der Waals surface area (Å²) in [5.41, 5.74) is 3.69. The second kappa shape index (κ2) is 7.18. The zero-order valence-electron chi connectivity index (χ0n) is 12.9. The second-order valence-electron chi connectivity index (χ2n) is 5.09. The quantitative estimate of drug-likeness (QED) is 0.883. The molecule has 0 aliphatic heterocycles. The summed E-state index contributed by atoms with van der Waals surface area (Å²) in [5.74, 6) is 0.529. The molecule has 116 valence electrons. The number of amides is 2. The van der Waals surface area contributed by atoms with Crippen LogP contribution in [-0.2, 0) is 6.54 Å². The van der Waals surface area contributed by atoms with Crippen LogP contribution in [0.5, 0.6) is 5.75 Å². The van der Waals surface area contributed by atoms with Crippen molar-refractivity contribution in [3.8, 4) is 5.75 Å². The van der Waals surface area contributed by atoms with Gasteiger partial charge in [0, 0.05) is 17.6 Å². The third-order valence-electron chi connectivity index (χ3n) is 3.30. The third kappa shape index (κ3) is 4.15. The first kappa shape index (κ1) is 16.2. The minimum atomic E-state index is -0.291. The second-order valence-corrected chi connectivity index (χ2v) is 5.50. The predicted octanol–water partition coefficient (Wildman–Crippen LogP) is 4.29. The van der Waals surface area contributed by atoms with Crippen LogP contribution in [0.2, 0.25) is 5.02 Å². The van der Waals surface area contributed by atoms with Gasteiger partial charge in [0.25, 0.3) is 0 Å². The number of hydrogen-bond donors (Lipinski definition) is 2. The lowest BCUT2D eigenvalue weighted by atomic mass is 10.1. The monoisotopic (exact) mass is 318 g/mol. The summed E-state index contributed by atoms with van der Waals surface area (Å²) in [6.07, 6.45) is 0. The highest BCUT2D eigenvalue weighted by Gasteiger charge is 2.10. The van der Waals surface area contributed by atoms with Crippen LogP contribution in [0.1, 0.15) is 16.7 Å².